The van der Waals surface area contributed by atoms with Gasteiger partial charge in [0.25, 0.3) is 0 Å². The lowest BCUT2D eigenvalue weighted by Crippen LogP contribution is -1.96. The lowest BCUT2D eigenvalue weighted by molar-refractivity contribution is 0.974. The van der Waals surface area contributed by atoms with Gasteiger partial charge in [-0.25, -0.2) is 0 Å². The fourth-order valence-electron chi connectivity index (χ4n) is 1.64. The number of hydrogen-bond acceptors (Lipinski definition) is 5. The van der Waals surface area contributed by atoms with Crippen molar-refractivity contribution in [2.24, 2.45) is 0 Å². The molecule has 0 unspecified atom stereocenters. The minimum Gasteiger partial charge on any atom is -0.339 e. The van der Waals surface area contributed by atoms with Crippen LogP contribution in [0.2, 0.25) is 5.28 Å². The summed E-state index contributed by atoms with van der Waals surface area (Å²) in [6, 6.07) is 9.74. The third-order valence-electron chi connectivity index (χ3n) is 2.41. The number of fused-ring (bicyclic) bond motifs is 1. The molecule has 0 bridgehead atoms. The third kappa shape index (κ3) is 2.21. The van der Waals surface area contributed by atoms with Gasteiger partial charge < -0.3 is 5.32 Å². The van der Waals surface area contributed by atoms with E-state index >= 15 is 0 Å². The lowest BCUT2D eigenvalue weighted by atomic mass is 10.2. The van der Waals surface area contributed by atoms with Crippen LogP contribution in [-0.2, 0) is 0 Å². The second-order valence-corrected chi connectivity index (χ2v) is 3.98. The number of anilines is 2. The Hall–Kier alpha value is -2.27. The van der Waals surface area contributed by atoms with E-state index in [0.29, 0.717) is 5.82 Å². The molecule has 88 valence electrons. The predicted molar refractivity (Wildman–Crippen MR) is 69.9 cm³/mol. The summed E-state index contributed by atoms with van der Waals surface area (Å²) in [7, 11) is 0. The summed E-state index contributed by atoms with van der Waals surface area (Å²) in [5, 5.41) is 11.6. The van der Waals surface area contributed by atoms with Gasteiger partial charge in [0, 0.05) is 17.3 Å². The van der Waals surface area contributed by atoms with Gasteiger partial charge in [0.15, 0.2) is 5.82 Å². The molecule has 3 aromatic rings. The third-order valence-corrected chi connectivity index (χ3v) is 2.57. The van der Waals surface area contributed by atoms with Gasteiger partial charge in [-0.15, -0.1) is 5.10 Å². The maximum absolute atomic E-state index is 5.67. The van der Waals surface area contributed by atoms with Crippen LogP contribution in [0.4, 0.5) is 11.5 Å². The lowest BCUT2D eigenvalue weighted by Gasteiger charge is -2.05. The van der Waals surface area contributed by atoms with E-state index in [9.17, 15) is 0 Å². The summed E-state index contributed by atoms with van der Waals surface area (Å²) in [4.78, 5) is 8.27. The van der Waals surface area contributed by atoms with Crippen LogP contribution in [-0.4, -0.2) is 20.2 Å². The van der Waals surface area contributed by atoms with Crippen molar-refractivity contribution in [1.29, 1.82) is 0 Å². The van der Waals surface area contributed by atoms with Gasteiger partial charge in [0.1, 0.15) is 0 Å². The van der Waals surface area contributed by atoms with E-state index in [1.54, 1.807) is 6.20 Å². The Balaban J connectivity index is 1.95. The molecule has 0 aliphatic rings. The summed E-state index contributed by atoms with van der Waals surface area (Å²) in [6.07, 6.45) is 3.28. The van der Waals surface area contributed by atoms with E-state index in [1.807, 2.05) is 30.3 Å². The Labute approximate surface area is 108 Å². The van der Waals surface area contributed by atoms with Gasteiger partial charge >= 0.3 is 0 Å². The van der Waals surface area contributed by atoms with Gasteiger partial charge in [-0.05, 0) is 35.9 Å². The molecule has 2 heterocycles. The molecular weight excluding hydrogens is 250 g/mol. The monoisotopic (exact) mass is 257 g/mol. The molecule has 6 heteroatoms. The van der Waals surface area contributed by atoms with Crippen LogP contribution < -0.4 is 5.32 Å². The molecule has 0 atom stereocenters. The first-order chi connectivity index (χ1) is 8.81. The number of nitrogens with zero attached hydrogens (tertiary/aromatic N) is 4. The molecule has 5 nitrogen and oxygen atoms in total. The number of benzene rings is 1. The zero-order valence-electron chi connectivity index (χ0n) is 9.21. The van der Waals surface area contributed by atoms with Crippen LogP contribution in [0.1, 0.15) is 0 Å². The molecule has 1 aromatic carbocycles. The van der Waals surface area contributed by atoms with Gasteiger partial charge in [-0.2, -0.15) is 10.1 Å². The van der Waals surface area contributed by atoms with Gasteiger partial charge in [0.2, 0.25) is 5.28 Å². The number of rotatable bonds is 2. The largest absolute Gasteiger partial charge is 0.339 e. The molecule has 18 heavy (non-hydrogen) atoms. The van der Waals surface area contributed by atoms with Crippen molar-refractivity contribution < 1.29 is 0 Å². The van der Waals surface area contributed by atoms with E-state index < -0.39 is 0 Å². The minimum atomic E-state index is 0.113. The van der Waals surface area contributed by atoms with Gasteiger partial charge in [0.05, 0.1) is 11.7 Å². The first kappa shape index (κ1) is 10.9. The molecule has 0 spiro atoms. The average Bonchev–Trinajstić information content (AvgIpc) is 2.39. The first-order valence-corrected chi connectivity index (χ1v) is 5.66. The fraction of sp³-hybridized carbons (Fsp3) is 0. The highest BCUT2D eigenvalue weighted by atomic mass is 35.5. The number of halogens is 1. The van der Waals surface area contributed by atoms with E-state index in [0.717, 1.165) is 16.6 Å². The molecule has 3 rings (SSSR count). The first-order valence-electron chi connectivity index (χ1n) is 5.28. The standard InChI is InChI=1S/C12H8ClN5/c13-12-17-11(7-15-18-12)16-9-3-4-10-8(6-9)2-1-5-14-10/h1-7H,(H,16,17,18). The van der Waals surface area contributed by atoms with Crippen molar-refractivity contribution in [3.63, 3.8) is 0 Å². The molecule has 0 radical (unpaired) electrons. The normalized spacial score (nSPS) is 10.5. The highest BCUT2D eigenvalue weighted by molar-refractivity contribution is 6.28. The van der Waals surface area contributed by atoms with Crippen molar-refractivity contribution in [3.8, 4) is 0 Å². The quantitative estimate of drug-likeness (QED) is 0.765. The van der Waals surface area contributed by atoms with Crippen molar-refractivity contribution in [3.05, 3.63) is 48.0 Å². The number of aromatic nitrogens is 4. The molecule has 0 saturated carbocycles. The molecule has 1 N–H and O–H groups in total. The van der Waals surface area contributed by atoms with Crippen LogP contribution in [0.15, 0.2) is 42.7 Å². The minimum absolute atomic E-state index is 0.113. The number of hydrogen-bond donors (Lipinski definition) is 1. The Morgan fingerprint density at radius 2 is 2.11 bits per heavy atom. The second kappa shape index (κ2) is 4.54. The van der Waals surface area contributed by atoms with Gasteiger partial charge in [-0.3, -0.25) is 4.98 Å². The molecule has 0 aliphatic heterocycles. The molecule has 0 saturated heterocycles. The van der Waals surface area contributed by atoms with E-state index in [2.05, 4.69) is 25.5 Å². The Morgan fingerprint density at radius 3 is 3.00 bits per heavy atom. The smallest absolute Gasteiger partial charge is 0.244 e. The SMILES string of the molecule is Clc1nncc(Nc2ccc3ncccc3c2)n1. The Bertz CT molecular complexity index is 701. The van der Waals surface area contributed by atoms with Crippen LogP contribution in [0, 0.1) is 0 Å². The predicted octanol–water partition coefficient (Wildman–Crippen LogP) is 2.82. The molecule has 0 amide bonds. The highest BCUT2D eigenvalue weighted by Crippen LogP contribution is 2.19. The maximum Gasteiger partial charge on any atom is 0.244 e. The molecule has 0 fully saturated rings. The van der Waals surface area contributed by atoms with Crippen molar-refractivity contribution in [2.75, 3.05) is 5.32 Å². The summed E-state index contributed by atoms with van der Waals surface area (Å²) >= 11 is 5.67. The average molecular weight is 258 g/mol. The molecule has 2 aromatic heterocycles. The summed E-state index contributed by atoms with van der Waals surface area (Å²) in [5.41, 5.74) is 1.84. The number of pyridine rings is 1. The van der Waals surface area contributed by atoms with Crippen LogP contribution >= 0.6 is 11.6 Å². The van der Waals surface area contributed by atoms with E-state index in [-0.39, 0.29) is 5.28 Å². The van der Waals surface area contributed by atoms with Crippen LogP contribution in [0.3, 0.4) is 0 Å². The Morgan fingerprint density at radius 1 is 1.17 bits per heavy atom. The summed E-state index contributed by atoms with van der Waals surface area (Å²) in [6.45, 7) is 0. The van der Waals surface area contributed by atoms with Crippen LogP contribution in [0.5, 0.6) is 0 Å². The summed E-state index contributed by atoms with van der Waals surface area (Å²) < 4.78 is 0. The van der Waals surface area contributed by atoms with Crippen molar-refractivity contribution in [2.45, 2.75) is 0 Å². The zero-order valence-corrected chi connectivity index (χ0v) is 9.96. The summed E-state index contributed by atoms with van der Waals surface area (Å²) in [5.74, 6) is 0.554. The van der Waals surface area contributed by atoms with Crippen molar-refractivity contribution in [1.82, 2.24) is 20.2 Å². The Kier molecular flexibility index (Phi) is 2.74. The fourth-order valence-corrected chi connectivity index (χ4v) is 1.78. The second-order valence-electron chi connectivity index (χ2n) is 3.65. The zero-order chi connectivity index (χ0) is 12.4. The maximum atomic E-state index is 5.67. The molecular formula is C12H8ClN5. The van der Waals surface area contributed by atoms with E-state index in [4.69, 9.17) is 11.6 Å². The van der Waals surface area contributed by atoms with Crippen molar-refractivity contribution >= 4 is 34.0 Å². The topological polar surface area (TPSA) is 63.6 Å². The van der Waals surface area contributed by atoms with Crippen LogP contribution in [0.25, 0.3) is 10.9 Å². The van der Waals surface area contributed by atoms with Gasteiger partial charge in [-0.1, -0.05) is 6.07 Å². The number of nitrogens with one attached hydrogen (secondary N) is 1. The molecule has 0 aliphatic carbocycles. The van der Waals surface area contributed by atoms with E-state index in [1.165, 1.54) is 6.20 Å². The highest BCUT2D eigenvalue weighted by Gasteiger charge is 2.00.